The molecule has 0 bridgehead atoms. The van der Waals surface area contributed by atoms with Crippen molar-refractivity contribution in [1.29, 1.82) is 0 Å². The summed E-state index contributed by atoms with van der Waals surface area (Å²) in [6.07, 6.45) is 0.592. The van der Waals surface area contributed by atoms with Gasteiger partial charge in [0.1, 0.15) is 4.90 Å². The molecule has 0 heterocycles. The summed E-state index contributed by atoms with van der Waals surface area (Å²) >= 11 is 0. The average molecular weight is 457 g/mol. The minimum Gasteiger partial charge on any atom is -0.465 e. The van der Waals surface area contributed by atoms with Crippen molar-refractivity contribution in [2.75, 3.05) is 32.1 Å². The summed E-state index contributed by atoms with van der Waals surface area (Å²) in [7, 11) is -1.41. The van der Waals surface area contributed by atoms with Gasteiger partial charge in [-0.2, -0.15) is 0 Å². The molecule has 0 aliphatic carbocycles. The lowest BCUT2D eigenvalue weighted by Gasteiger charge is -2.16. The third-order valence-electron chi connectivity index (χ3n) is 4.79. The molecule has 3 aromatic rings. The maximum absolute atomic E-state index is 13.2. The summed E-state index contributed by atoms with van der Waals surface area (Å²) in [6.45, 7) is 0.811. The number of benzene rings is 3. The fraction of sp³-hybridized carbons (Fsp3) is 0.217. The van der Waals surface area contributed by atoms with Crippen LogP contribution in [0.25, 0.3) is 10.8 Å². The maximum Gasteiger partial charge on any atom is 0.340 e. The lowest BCUT2D eigenvalue weighted by molar-refractivity contribution is 0.0604. The first-order valence-electron chi connectivity index (χ1n) is 9.88. The summed E-state index contributed by atoms with van der Waals surface area (Å²) < 4.78 is 38.8. The number of hydrogen-bond acceptors (Lipinski definition) is 6. The maximum atomic E-state index is 13.2. The number of hydrogen-bond donors (Lipinski definition) is 2. The Morgan fingerprint density at radius 1 is 0.938 bits per heavy atom. The fourth-order valence-corrected chi connectivity index (χ4v) is 4.56. The number of methoxy groups -OCH3 is 2. The minimum atomic E-state index is -4.20. The van der Waals surface area contributed by atoms with Crippen LogP contribution >= 0.6 is 0 Å². The Labute approximate surface area is 186 Å². The van der Waals surface area contributed by atoms with E-state index in [0.717, 1.165) is 5.39 Å². The van der Waals surface area contributed by atoms with E-state index in [1.165, 1.54) is 31.4 Å². The quantitative estimate of drug-likeness (QED) is 0.378. The number of carbonyl (C=O) groups excluding carboxylic acids is 2. The molecule has 0 aliphatic rings. The van der Waals surface area contributed by atoms with Gasteiger partial charge >= 0.3 is 5.97 Å². The molecular weight excluding hydrogens is 432 g/mol. The molecule has 3 aromatic carbocycles. The van der Waals surface area contributed by atoms with Crippen molar-refractivity contribution in [2.24, 2.45) is 0 Å². The second-order valence-corrected chi connectivity index (χ2v) is 8.56. The number of amides is 1. The van der Waals surface area contributed by atoms with Gasteiger partial charge in [-0.3, -0.25) is 9.52 Å². The molecule has 0 saturated heterocycles. The molecule has 9 heteroatoms. The van der Waals surface area contributed by atoms with Crippen LogP contribution in [-0.2, 0) is 19.5 Å². The molecule has 2 N–H and O–H groups in total. The highest BCUT2D eigenvalue weighted by molar-refractivity contribution is 7.92. The van der Waals surface area contributed by atoms with Crippen molar-refractivity contribution in [3.63, 3.8) is 0 Å². The van der Waals surface area contributed by atoms with Gasteiger partial charge < -0.3 is 14.8 Å². The summed E-state index contributed by atoms with van der Waals surface area (Å²) in [5, 5.41) is 3.99. The van der Waals surface area contributed by atoms with Crippen molar-refractivity contribution < 1.29 is 27.5 Å². The van der Waals surface area contributed by atoms with Gasteiger partial charge in [0.15, 0.2) is 0 Å². The first kappa shape index (κ1) is 23.2. The number of nitrogens with one attached hydrogen (secondary N) is 2. The standard InChI is InChI=1S/C23H24N2O6S/c1-30-15-7-14-24-22(26)18-10-5-6-11-20(18)32(28,29)25-19-13-12-16-8-3-4-9-17(16)21(19)23(27)31-2/h3-6,8-13,25H,7,14-15H2,1-2H3,(H,24,26). The Morgan fingerprint density at radius 2 is 1.66 bits per heavy atom. The summed E-state index contributed by atoms with van der Waals surface area (Å²) in [4.78, 5) is 24.9. The molecule has 0 fully saturated rings. The molecular formula is C23H24N2O6S. The summed E-state index contributed by atoms with van der Waals surface area (Å²) in [5.41, 5.74) is 0.152. The van der Waals surface area contributed by atoms with Crippen molar-refractivity contribution >= 4 is 38.4 Å². The molecule has 1 amide bonds. The van der Waals surface area contributed by atoms with Crippen LogP contribution in [0, 0.1) is 0 Å². The zero-order valence-electron chi connectivity index (χ0n) is 17.8. The number of carbonyl (C=O) groups is 2. The lowest BCUT2D eigenvalue weighted by atomic mass is 10.0. The summed E-state index contributed by atoms with van der Waals surface area (Å²) in [6, 6.07) is 16.2. The molecule has 168 valence electrons. The number of anilines is 1. The molecule has 0 aliphatic heterocycles. The SMILES string of the molecule is COCCCNC(=O)c1ccccc1S(=O)(=O)Nc1ccc2ccccc2c1C(=O)OC. The van der Waals surface area contributed by atoms with E-state index in [1.807, 2.05) is 12.1 Å². The van der Waals surface area contributed by atoms with Crippen molar-refractivity contribution in [2.45, 2.75) is 11.3 Å². The number of fused-ring (bicyclic) bond motifs is 1. The molecule has 3 rings (SSSR count). The summed E-state index contributed by atoms with van der Waals surface area (Å²) in [5.74, 6) is -1.20. The third-order valence-corrected chi connectivity index (χ3v) is 6.22. The number of esters is 1. The first-order chi connectivity index (χ1) is 15.4. The van der Waals surface area contributed by atoms with Gasteiger partial charge in [-0.15, -0.1) is 0 Å². The normalized spacial score (nSPS) is 11.2. The van der Waals surface area contributed by atoms with Gasteiger partial charge in [-0.25, -0.2) is 13.2 Å². The van der Waals surface area contributed by atoms with Gasteiger partial charge in [0.2, 0.25) is 0 Å². The van der Waals surface area contributed by atoms with Crippen molar-refractivity contribution in [3.8, 4) is 0 Å². The molecule has 0 atom stereocenters. The van der Waals surface area contributed by atoms with E-state index < -0.39 is 21.9 Å². The minimum absolute atomic E-state index is 0.00201. The molecule has 0 radical (unpaired) electrons. The van der Waals surface area contributed by atoms with Crippen LogP contribution in [0.1, 0.15) is 27.1 Å². The van der Waals surface area contributed by atoms with Crippen LogP contribution in [0.3, 0.4) is 0 Å². The topological polar surface area (TPSA) is 111 Å². The highest BCUT2D eigenvalue weighted by atomic mass is 32.2. The second-order valence-electron chi connectivity index (χ2n) is 6.90. The predicted molar refractivity (Wildman–Crippen MR) is 121 cm³/mol. The van der Waals surface area contributed by atoms with E-state index in [-0.39, 0.29) is 21.7 Å². The van der Waals surface area contributed by atoms with E-state index in [0.29, 0.717) is 25.0 Å². The van der Waals surface area contributed by atoms with Crippen LogP contribution in [-0.4, -0.2) is 47.7 Å². The highest BCUT2D eigenvalue weighted by Crippen LogP contribution is 2.29. The number of rotatable bonds is 9. The molecule has 0 spiro atoms. The predicted octanol–water partition coefficient (Wildman–Crippen LogP) is 3.19. The Bertz CT molecular complexity index is 1240. The van der Waals surface area contributed by atoms with E-state index >= 15 is 0 Å². The van der Waals surface area contributed by atoms with E-state index in [4.69, 9.17) is 9.47 Å². The molecule has 0 saturated carbocycles. The van der Waals surface area contributed by atoms with Gasteiger partial charge in [0, 0.05) is 20.3 Å². The molecule has 0 unspecified atom stereocenters. The van der Waals surface area contributed by atoms with E-state index in [9.17, 15) is 18.0 Å². The van der Waals surface area contributed by atoms with Crippen LogP contribution in [0.5, 0.6) is 0 Å². The fourth-order valence-electron chi connectivity index (χ4n) is 3.28. The van der Waals surface area contributed by atoms with E-state index in [1.54, 1.807) is 31.4 Å². The largest absolute Gasteiger partial charge is 0.465 e. The van der Waals surface area contributed by atoms with Crippen LogP contribution in [0.4, 0.5) is 5.69 Å². The van der Waals surface area contributed by atoms with Crippen LogP contribution in [0.2, 0.25) is 0 Å². The lowest BCUT2D eigenvalue weighted by Crippen LogP contribution is -2.28. The van der Waals surface area contributed by atoms with Gasteiger partial charge in [-0.05, 0) is 35.4 Å². The molecule has 8 nitrogen and oxygen atoms in total. The zero-order chi connectivity index (χ0) is 23.1. The number of sulfonamides is 1. The zero-order valence-corrected chi connectivity index (χ0v) is 18.6. The Kier molecular flexibility index (Phi) is 7.45. The average Bonchev–Trinajstić information content (AvgIpc) is 2.81. The molecule has 32 heavy (non-hydrogen) atoms. The molecule has 0 aromatic heterocycles. The monoisotopic (exact) mass is 456 g/mol. The first-order valence-corrected chi connectivity index (χ1v) is 11.4. The van der Waals surface area contributed by atoms with Crippen molar-refractivity contribution in [3.05, 3.63) is 71.8 Å². The van der Waals surface area contributed by atoms with Crippen LogP contribution in [0.15, 0.2) is 65.6 Å². The Hall–Kier alpha value is -3.43. The third kappa shape index (κ3) is 5.06. The second kappa shape index (κ2) is 10.3. The van der Waals surface area contributed by atoms with Gasteiger partial charge in [0.05, 0.1) is 23.9 Å². The van der Waals surface area contributed by atoms with Crippen LogP contribution < -0.4 is 10.0 Å². The van der Waals surface area contributed by atoms with Crippen molar-refractivity contribution in [1.82, 2.24) is 5.32 Å². The highest BCUT2D eigenvalue weighted by Gasteiger charge is 2.25. The smallest absolute Gasteiger partial charge is 0.340 e. The van der Waals surface area contributed by atoms with Gasteiger partial charge in [0.25, 0.3) is 15.9 Å². The van der Waals surface area contributed by atoms with Gasteiger partial charge in [-0.1, -0.05) is 42.5 Å². The number of ether oxygens (including phenoxy) is 2. The Morgan fingerprint density at radius 3 is 2.41 bits per heavy atom. The van der Waals surface area contributed by atoms with E-state index in [2.05, 4.69) is 10.0 Å². The Balaban J connectivity index is 1.98.